The van der Waals surface area contributed by atoms with Gasteiger partial charge >= 0.3 is 6.18 Å². The van der Waals surface area contributed by atoms with Gasteiger partial charge < -0.3 is 10.6 Å². The molecule has 0 spiro atoms. The average molecular weight is 498 g/mol. The zero-order valence-corrected chi connectivity index (χ0v) is 19.5. The van der Waals surface area contributed by atoms with Crippen molar-refractivity contribution in [2.24, 2.45) is 5.41 Å². The van der Waals surface area contributed by atoms with Crippen LogP contribution < -0.4 is 10.6 Å². The highest BCUT2D eigenvalue weighted by molar-refractivity contribution is 5.99. The third-order valence-corrected chi connectivity index (χ3v) is 6.44. The van der Waals surface area contributed by atoms with Crippen LogP contribution in [-0.4, -0.2) is 26.6 Å². The molecule has 188 valence electrons. The van der Waals surface area contributed by atoms with E-state index in [0.717, 1.165) is 25.3 Å². The number of hydrogen-bond donors (Lipinski definition) is 2. The van der Waals surface area contributed by atoms with Crippen LogP contribution in [0, 0.1) is 5.41 Å². The molecule has 2 N–H and O–H groups in total. The molecule has 1 aliphatic carbocycles. The lowest BCUT2D eigenvalue weighted by atomic mass is 9.69. The predicted molar refractivity (Wildman–Crippen MR) is 127 cm³/mol. The smallest absolute Gasteiger partial charge is 0.354 e. The fraction of sp³-hybridized carbons (Fsp3) is 0.346. The van der Waals surface area contributed by atoms with E-state index in [9.17, 15) is 22.8 Å². The molecule has 1 aliphatic rings. The number of nitrogens with one attached hydrogen (secondary N) is 2. The summed E-state index contributed by atoms with van der Waals surface area (Å²) in [4.78, 5) is 38.1. The number of aromatic nitrogens is 3. The van der Waals surface area contributed by atoms with Crippen LogP contribution in [0.25, 0.3) is 0 Å². The van der Waals surface area contributed by atoms with Gasteiger partial charge in [0.25, 0.3) is 0 Å². The first-order valence-corrected chi connectivity index (χ1v) is 11.7. The Labute approximate surface area is 206 Å². The van der Waals surface area contributed by atoms with Crippen molar-refractivity contribution in [3.63, 3.8) is 0 Å². The maximum Gasteiger partial charge on any atom is 0.418 e. The normalized spacial score (nSPS) is 15.2. The molecule has 0 aliphatic heterocycles. The maximum absolute atomic E-state index is 13.3. The molecule has 0 unspecified atom stereocenters. The number of benzene rings is 1. The number of carbonyl (C=O) groups excluding carboxylic acids is 2. The van der Waals surface area contributed by atoms with Gasteiger partial charge in [0, 0.05) is 18.8 Å². The van der Waals surface area contributed by atoms with Crippen LogP contribution in [-0.2, 0) is 17.5 Å². The van der Waals surface area contributed by atoms with E-state index in [4.69, 9.17) is 0 Å². The fourth-order valence-corrected chi connectivity index (χ4v) is 4.52. The summed E-state index contributed by atoms with van der Waals surface area (Å²) in [6.07, 6.45) is 5.27. The average Bonchev–Trinajstić information content (AvgIpc) is 2.89. The van der Waals surface area contributed by atoms with E-state index >= 15 is 0 Å². The van der Waals surface area contributed by atoms with Crippen molar-refractivity contribution >= 4 is 23.1 Å². The zero-order valence-electron chi connectivity index (χ0n) is 19.5. The van der Waals surface area contributed by atoms with E-state index in [-0.39, 0.29) is 30.3 Å². The molecule has 0 saturated heterocycles. The van der Waals surface area contributed by atoms with E-state index in [1.54, 1.807) is 12.1 Å². The summed E-state index contributed by atoms with van der Waals surface area (Å²) in [5.41, 5.74) is -0.315. The number of ketones is 1. The Morgan fingerprint density at radius 1 is 0.944 bits per heavy atom. The van der Waals surface area contributed by atoms with Crippen molar-refractivity contribution in [3.8, 4) is 0 Å². The Kier molecular flexibility index (Phi) is 7.61. The van der Waals surface area contributed by atoms with Crippen LogP contribution in [0.4, 0.5) is 24.5 Å². The molecule has 0 atom stereocenters. The van der Waals surface area contributed by atoms with Crippen molar-refractivity contribution in [1.29, 1.82) is 0 Å². The van der Waals surface area contributed by atoms with Gasteiger partial charge in [0.15, 0.2) is 5.78 Å². The van der Waals surface area contributed by atoms with Crippen LogP contribution in [0.15, 0.2) is 61.3 Å². The van der Waals surface area contributed by atoms with Crippen LogP contribution in [0.2, 0.25) is 0 Å². The minimum absolute atomic E-state index is 0.0689. The minimum Gasteiger partial charge on any atom is -0.354 e. The molecular formula is C26H26F3N5O2. The van der Waals surface area contributed by atoms with Gasteiger partial charge in [-0.05, 0) is 37.1 Å². The number of halogens is 3. The van der Waals surface area contributed by atoms with Gasteiger partial charge in [0.05, 0.1) is 46.4 Å². The summed E-state index contributed by atoms with van der Waals surface area (Å²) < 4.78 is 39.7. The second-order valence-electron chi connectivity index (χ2n) is 8.96. The summed E-state index contributed by atoms with van der Waals surface area (Å²) >= 11 is 0. The van der Waals surface area contributed by atoms with Crippen LogP contribution in [0.3, 0.4) is 0 Å². The number of amides is 1. The first-order valence-electron chi connectivity index (χ1n) is 11.7. The molecule has 4 rings (SSSR count). The summed E-state index contributed by atoms with van der Waals surface area (Å²) in [5.74, 6) is -0.365. The van der Waals surface area contributed by atoms with E-state index in [1.165, 1.54) is 43.1 Å². The topological polar surface area (TPSA) is 96.9 Å². The molecule has 3 aromatic rings. The zero-order chi connectivity index (χ0) is 25.6. The number of Topliss-reactive ketones (excluding diaryl/α,β-unsaturated/α-hetero) is 1. The number of rotatable bonds is 8. The molecule has 1 fully saturated rings. The van der Waals surface area contributed by atoms with Crippen LogP contribution in [0.1, 0.15) is 60.1 Å². The highest BCUT2D eigenvalue weighted by atomic mass is 19.4. The second-order valence-corrected chi connectivity index (χ2v) is 8.96. The third kappa shape index (κ3) is 6.05. The van der Waals surface area contributed by atoms with Gasteiger partial charge in [-0.1, -0.05) is 31.4 Å². The maximum atomic E-state index is 13.3. The van der Waals surface area contributed by atoms with Crippen LogP contribution in [0.5, 0.6) is 0 Å². The largest absolute Gasteiger partial charge is 0.418 e. The van der Waals surface area contributed by atoms with E-state index in [1.807, 2.05) is 0 Å². The lowest BCUT2D eigenvalue weighted by molar-refractivity contribution is -0.137. The van der Waals surface area contributed by atoms with Gasteiger partial charge in [-0.2, -0.15) is 13.2 Å². The molecule has 0 bridgehead atoms. The molecule has 1 saturated carbocycles. The van der Waals surface area contributed by atoms with Crippen molar-refractivity contribution in [2.45, 2.75) is 51.2 Å². The summed E-state index contributed by atoms with van der Waals surface area (Å²) in [5, 5.41) is 5.66. The summed E-state index contributed by atoms with van der Waals surface area (Å²) in [7, 11) is 0. The van der Waals surface area contributed by atoms with Gasteiger partial charge in [-0.15, -0.1) is 0 Å². The lowest BCUT2D eigenvalue weighted by Crippen LogP contribution is -2.43. The van der Waals surface area contributed by atoms with E-state index in [0.29, 0.717) is 29.8 Å². The Hall–Kier alpha value is -3.82. The molecule has 36 heavy (non-hydrogen) atoms. The van der Waals surface area contributed by atoms with Gasteiger partial charge in [-0.3, -0.25) is 14.6 Å². The van der Waals surface area contributed by atoms with Gasteiger partial charge in [-0.25, -0.2) is 9.97 Å². The van der Waals surface area contributed by atoms with Crippen LogP contribution >= 0.6 is 0 Å². The quantitative estimate of drug-likeness (QED) is 0.401. The molecule has 1 amide bonds. The molecule has 7 nitrogen and oxygen atoms in total. The number of carbonyl (C=O) groups is 2. The van der Waals surface area contributed by atoms with Crippen molar-refractivity contribution in [1.82, 2.24) is 20.3 Å². The monoisotopic (exact) mass is 497 g/mol. The molecule has 1 aromatic carbocycles. The SMILES string of the molecule is O=C(CC1(C(=O)NCc2ccc(Nc3ccccc3C(F)(F)F)cn2)CCCCC1)c1cncnc1. The van der Waals surface area contributed by atoms with Crippen molar-refractivity contribution in [2.75, 3.05) is 5.32 Å². The molecule has 0 radical (unpaired) electrons. The minimum atomic E-state index is -4.48. The van der Waals surface area contributed by atoms with Crippen molar-refractivity contribution < 1.29 is 22.8 Å². The van der Waals surface area contributed by atoms with Gasteiger partial charge in [0.1, 0.15) is 6.33 Å². The third-order valence-electron chi connectivity index (χ3n) is 6.44. The Morgan fingerprint density at radius 3 is 2.33 bits per heavy atom. The standard InChI is InChI=1S/C26H26F3N5O2/c27-26(28,29)21-6-2-3-7-22(21)34-20-9-8-19(32-16-20)15-33-24(36)25(10-4-1-5-11-25)12-23(35)18-13-30-17-31-14-18/h2-3,6-9,13-14,16-17,34H,1,4-5,10-12,15H2,(H,33,36). The number of nitrogens with zero attached hydrogens (tertiary/aromatic N) is 3. The Morgan fingerprint density at radius 2 is 1.67 bits per heavy atom. The fourth-order valence-electron chi connectivity index (χ4n) is 4.52. The lowest BCUT2D eigenvalue weighted by Gasteiger charge is -2.35. The molecule has 2 heterocycles. The first kappa shape index (κ1) is 25.3. The Bertz CT molecular complexity index is 1190. The summed E-state index contributed by atoms with van der Waals surface area (Å²) in [6.45, 7) is 0.142. The number of alkyl halides is 3. The number of anilines is 2. The highest BCUT2D eigenvalue weighted by Gasteiger charge is 2.41. The highest BCUT2D eigenvalue weighted by Crippen LogP contribution is 2.40. The van der Waals surface area contributed by atoms with Gasteiger partial charge in [0.2, 0.25) is 5.91 Å². The second kappa shape index (κ2) is 10.8. The molecule has 2 aromatic heterocycles. The number of pyridine rings is 1. The van der Waals surface area contributed by atoms with E-state index < -0.39 is 17.2 Å². The number of para-hydroxylation sites is 1. The number of hydrogen-bond acceptors (Lipinski definition) is 6. The molecule has 10 heteroatoms. The molecular weight excluding hydrogens is 471 g/mol. The first-order chi connectivity index (χ1) is 17.3. The van der Waals surface area contributed by atoms with Crippen molar-refractivity contribution in [3.05, 3.63) is 78.1 Å². The predicted octanol–water partition coefficient (Wildman–Crippen LogP) is 5.47. The van der Waals surface area contributed by atoms with E-state index in [2.05, 4.69) is 25.6 Å². The Balaban J connectivity index is 1.40. The summed E-state index contributed by atoms with van der Waals surface area (Å²) in [6, 6.07) is 8.46.